The molecule has 152 valence electrons. The zero-order valence-corrected chi connectivity index (χ0v) is 17.0. The Labute approximate surface area is 172 Å². The van der Waals surface area contributed by atoms with E-state index in [2.05, 4.69) is 13.0 Å². The van der Waals surface area contributed by atoms with Crippen LogP contribution in [0.1, 0.15) is 48.5 Å². The zero-order valence-electron chi connectivity index (χ0n) is 17.0. The number of benzene rings is 2. The summed E-state index contributed by atoms with van der Waals surface area (Å²) in [5.41, 5.74) is 2.99. The molecule has 0 radical (unpaired) electrons. The van der Waals surface area contributed by atoms with E-state index in [4.69, 9.17) is 4.74 Å². The van der Waals surface area contributed by atoms with Gasteiger partial charge in [-0.3, -0.25) is 9.59 Å². The van der Waals surface area contributed by atoms with Gasteiger partial charge in [0.2, 0.25) is 5.91 Å². The number of nitrogens with zero attached hydrogens (tertiary/aromatic N) is 2. The van der Waals surface area contributed by atoms with Gasteiger partial charge in [0, 0.05) is 36.8 Å². The summed E-state index contributed by atoms with van der Waals surface area (Å²) in [5.74, 6) is 1.05. The highest BCUT2D eigenvalue weighted by atomic mass is 16.5. The van der Waals surface area contributed by atoms with Crippen molar-refractivity contribution in [1.29, 1.82) is 0 Å². The maximum Gasteiger partial charge on any atom is 0.253 e. The first-order valence-corrected chi connectivity index (χ1v) is 10.6. The van der Waals surface area contributed by atoms with E-state index in [1.165, 1.54) is 5.56 Å². The maximum atomic E-state index is 12.9. The first-order chi connectivity index (χ1) is 14.2. The van der Waals surface area contributed by atoms with E-state index in [0.717, 1.165) is 37.1 Å². The normalized spacial score (nSPS) is 17.2. The summed E-state index contributed by atoms with van der Waals surface area (Å²) in [6.07, 6.45) is 3.97. The number of aryl methyl sites for hydroxylation is 1. The van der Waals surface area contributed by atoms with Crippen molar-refractivity contribution in [2.75, 3.05) is 24.6 Å². The number of rotatable bonds is 5. The molecule has 0 unspecified atom stereocenters. The minimum atomic E-state index is 0.0517. The van der Waals surface area contributed by atoms with Gasteiger partial charge in [0.15, 0.2) is 0 Å². The summed E-state index contributed by atoms with van der Waals surface area (Å²) in [7, 11) is 0. The molecule has 29 heavy (non-hydrogen) atoms. The van der Waals surface area contributed by atoms with Crippen molar-refractivity contribution in [2.45, 2.75) is 45.1 Å². The molecule has 2 aliphatic heterocycles. The second-order valence-corrected chi connectivity index (χ2v) is 7.79. The molecule has 5 nitrogen and oxygen atoms in total. The molecule has 1 saturated heterocycles. The van der Waals surface area contributed by atoms with Gasteiger partial charge in [0.05, 0.1) is 6.61 Å². The monoisotopic (exact) mass is 392 g/mol. The standard InChI is InChI=1S/C24H28N2O3/c1-2-17-29-21-10-7-19(8-11-21)24(28)25-15-13-20(14-16-25)26-22-6-4-3-5-18(22)9-12-23(26)27/h3-8,10-11,20H,2,9,12-17H2,1H3. The Morgan fingerprint density at radius 2 is 1.76 bits per heavy atom. The number of para-hydroxylation sites is 1. The van der Waals surface area contributed by atoms with Gasteiger partial charge in [-0.1, -0.05) is 25.1 Å². The molecule has 0 atom stereocenters. The van der Waals surface area contributed by atoms with Gasteiger partial charge in [0.25, 0.3) is 5.91 Å². The molecule has 2 aromatic rings. The Hall–Kier alpha value is -2.82. The number of piperidine rings is 1. The van der Waals surface area contributed by atoms with Crippen LogP contribution in [0.25, 0.3) is 0 Å². The van der Waals surface area contributed by atoms with Crippen LogP contribution in [0.4, 0.5) is 5.69 Å². The van der Waals surface area contributed by atoms with Crippen molar-refractivity contribution in [3.8, 4) is 5.75 Å². The van der Waals surface area contributed by atoms with Crippen molar-refractivity contribution in [3.05, 3.63) is 59.7 Å². The summed E-state index contributed by atoms with van der Waals surface area (Å²) >= 11 is 0. The number of carbonyl (C=O) groups is 2. The Morgan fingerprint density at radius 3 is 2.48 bits per heavy atom. The smallest absolute Gasteiger partial charge is 0.253 e. The van der Waals surface area contributed by atoms with Crippen molar-refractivity contribution in [1.82, 2.24) is 4.90 Å². The number of ether oxygens (including phenoxy) is 1. The van der Waals surface area contributed by atoms with Crippen molar-refractivity contribution >= 4 is 17.5 Å². The molecule has 2 aliphatic rings. The quantitative estimate of drug-likeness (QED) is 0.771. The molecular formula is C24H28N2O3. The molecule has 0 spiro atoms. The van der Waals surface area contributed by atoms with E-state index in [-0.39, 0.29) is 17.9 Å². The summed E-state index contributed by atoms with van der Waals surface area (Å²) < 4.78 is 5.59. The predicted octanol–water partition coefficient (Wildman–Crippen LogP) is 4.06. The molecule has 0 saturated carbocycles. The van der Waals surface area contributed by atoms with E-state index in [1.807, 2.05) is 52.3 Å². The van der Waals surface area contributed by atoms with Crippen LogP contribution in [0.3, 0.4) is 0 Å². The largest absolute Gasteiger partial charge is 0.494 e. The van der Waals surface area contributed by atoms with Crippen LogP contribution in [0, 0.1) is 0 Å². The van der Waals surface area contributed by atoms with Crippen molar-refractivity contribution in [2.24, 2.45) is 0 Å². The molecule has 5 heteroatoms. The van der Waals surface area contributed by atoms with Crippen molar-refractivity contribution in [3.63, 3.8) is 0 Å². The average Bonchev–Trinajstić information content (AvgIpc) is 2.78. The number of carbonyl (C=O) groups excluding carboxylic acids is 2. The third-order valence-corrected chi connectivity index (χ3v) is 5.82. The molecular weight excluding hydrogens is 364 g/mol. The highest BCUT2D eigenvalue weighted by molar-refractivity contribution is 5.97. The van der Waals surface area contributed by atoms with Crippen LogP contribution in [0.5, 0.6) is 5.75 Å². The predicted molar refractivity (Wildman–Crippen MR) is 113 cm³/mol. The SMILES string of the molecule is CCCOc1ccc(C(=O)N2CCC(N3C(=O)CCc4ccccc43)CC2)cc1. The molecule has 0 aromatic heterocycles. The first kappa shape index (κ1) is 19.5. The second kappa shape index (κ2) is 8.68. The van der Waals surface area contributed by atoms with Gasteiger partial charge in [-0.15, -0.1) is 0 Å². The summed E-state index contributed by atoms with van der Waals surface area (Å²) in [6.45, 7) is 4.09. The van der Waals surface area contributed by atoms with Crippen molar-refractivity contribution < 1.29 is 14.3 Å². The van der Waals surface area contributed by atoms with Crippen LogP contribution in [0.15, 0.2) is 48.5 Å². The number of hydrogen-bond acceptors (Lipinski definition) is 3. The number of fused-ring (bicyclic) bond motifs is 1. The topological polar surface area (TPSA) is 49.9 Å². The van der Waals surface area contributed by atoms with Crippen LogP contribution in [-0.4, -0.2) is 42.5 Å². The van der Waals surface area contributed by atoms with Crippen LogP contribution in [0.2, 0.25) is 0 Å². The Kier molecular flexibility index (Phi) is 5.84. The van der Waals surface area contributed by atoms with Gasteiger partial charge < -0.3 is 14.5 Å². The molecule has 2 aromatic carbocycles. The minimum absolute atomic E-state index is 0.0517. The summed E-state index contributed by atoms with van der Waals surface area (Å²) in [6, 6.07) is 15.8. The lowest BCUT2D eigenvalue weighted by Crippen LogP contribution is -2.50. The van der Waals surface area contributed by atoms with E-state index in [9.17, 15) is 9.59 Å². The van der Waals surface area contributed by atoms with E-state index in [1.54, 1.807) is 0 Å². The Bertz CT molecular complexity index is 870. The highest BCUT2D eigenvalue weighted by Crippen LogP contribution is 2.32. The maximum absolute atomic E-state index is 12.9. The lowest BCUT2D eigenvalue weighted by molar-refractivity contribution is -0.119. The fraction of sp³-hybridized carbons (Fsp3) is 0.417. The van der Waals surface area contributed by atoms with Gasteiger partial charge in [-0.05, 0) is 61.6 Å². The fourth-order valence-corrected chi connectivity index (χ4v) is 4.28. The van der Waals surface area contributed by atoms with E-state index in [0.29, 0.717) is 31.7 Å². The molecule has 2 amide bonds. The summed E-state index contributed by atoms with van der Waals surface area (Å²) in [5, 5.41) is 0. The number of hydrogen-bond donors (Lipinski definition) is 0. The van der Waals surface area contributed by atoms with Crippen LogP contribution >= 0.6 is 0 Å². The molecule has 0 N–H and O–H groups in total. The third-order valence-electron chi connectivity index (χ3n) is 5.82. The lowest BCUT2D eigenvalue weighted by Gasteiger charge is -2.41. The van der Waals surface area contributed by atoms with Crippen LogP contribution in [-0.2, 0) is 11.2 Å². The fourth-order valence-electron chi connectivity index (χ4n) is 4.28. The number of anilines is 1. The number of amides is 2. The van der Waals surface area contributed by atoms with Crippen LogP contribution < -0.4 is 9.64 Å². The third kappa shape index (κ3) is 4.14. The van der Waals surface area contributed by atoms with E-state index < -0.39 is 0 Å². The molecule has 4 rings (SSSR count). The average molecular weight is 392 g/mol. The molecule has 2 heterocycles. The second-order valence-electron chi connectivity index (χ2n) is 7.79. The molecule has 0 bridgehead atoms. The highest BCUT2D eigenvalue weighted by Gasteiger charge is 2.33. The Morgan fingerprint density at radius 1 is 1.03 bits per heavy atom. The minimum Gasteiger partial charge on any atom is -0.494 e. The van der Waals surface area contributed by atoms with E-state index >= 15 is 0 Å². The molecule has 1 fully saturated rings. The zero-order chi connectivity index (χ0) is 20.2. The number of likely N-dealkylation sites (tertiary alicyclic amines) is 1. The van der Waals surface area contributed by atoms with Gasteiger partial charge in [-0.2, -0.15) is 0 Å². The first-order valence-electron chi connectivity index (χ1n) is 10.6. The summed E-state index contributed by atoms with van der Waals surface area (Å²) in [4.78, 5) is 29.4. The van der Waals surface area contributed by atoms with Gasteiger partial charge >= 0.3 is 0 Å². The molecule has 0 aliphatic carbocycles. The lowest BCUT2D eigenvalue weighted by atomic mass is 9.95. The Balaban J connectivity index is 1.39. The van der Waals surface area contributed by atoms with Gasteiger partial charge in [-0.25, -0.2) is 0 Å². The van der Waals surface area contributed by atoms with Gasteiger partial charge in [0.1, 0.15) is 5.75 Å².